The number of hydrogen-bond donors (Lipinski definition) is 1. The number of nitrogens with zero attached hydrogens (tertiary/aromatic N) is 2. The molecule has 1 aliphatic rings. The van der Waals surface area contributed by atoms with Crippen LogP contribution in [0.25, 0.3) is 0 Å². The van der Waals surface area contributed by atoms with Gasteiger partial charge in [0, 0.05) is 12.7 Å². The summed E-state index contributed by atoms with van der Waals surface area (Å²) in [6.45, 7) is 4.05. The molecule has 1 fully saturated rings. The molecule has 2 amide bonds. The molecule has 1 atom stereocenters. The van der Waals surface area contributed by atoms with Crippen LogP contribution in [-0.4, -0.2) is 41.6 Å². The molecule has 1 N–H and O–H groups in total. The quantitative estimate of drug-likeness (QED) is 0.865. The lowest BCUT2D eigenvalue weighted by Gasteiger charge is -2.18. The van der Waals surface area contributed by atoms with E-state index >= 15 is 0 Å². The van der Waals surface area contributed by atoms with Crippen LogP contribution in [-0.2, 0) is 4.79 Å². The van der Waals surface area contributed by atoms with E-state index in [9.17, 15) is 9.59 Å². The van der Waals surface area contributed by atoms with Crippen LogP contribution in [0.15, 0.2) is 18.2 Å². The number of hydrogen-bond acceptors (Lipinski definition) is 2. The summed E-state index contributed by atoms with van der Waals surface area (Å²) in [5.74, 6) is -0.973. The number of rotatable bonds is 2. The first kappa shape index (κ1) is 12.4. The number of amides is 2. The SMILES string of the molecule is Cc1ccc(C)c(N2CC(C(=O)O)N(C)C2=O)c1. The molecule has 18 heavy (non-hydrogen) atoms. The molecule has 1 heterocycles. The van der Waals surface area contributed by atoms with E-state index in [1.165, 1.54) is 16.8 Å². The molecule has 0 aromatic heterocycles. The van der Waals surface area contributed by atoms with Gasteiger partial charge in [-0.05, 0) is 31.0 Å². The molecule has 2 rings (SSSR count). The Balaban J connectivity index is 2.38. The van der Waals surface area contributed by atoms with Gasteiger partial charge in [0.25, 0.3) is 0 Å². The lowest BCUT2D eigenvalue weighted by atomic mass is 10.1. The van der Waals surface area contributed by atoms with Crippen LogP contribution in [0.1, 0.15) is 11.1 Å². The maximum absolute atomic E-state index is 12.1. The van der Waals surface area contributed by atoms with E-state index in [4.69, 9.17) is 5.11 Å². The number of carboxylic acid groups (broad SMARTS) is 1. The Morgan fingerprint density at radius 2 is 2.06 bits per heavy atom. The van der Waals surface area contributed by atoms with E-state index in [1.807, 2.05) is 32.0 Å². The van der Waals surface area contributed by atoms with Gasteiger partial charge >= 0.3 is 12.0 Å². The van der Waals surface area contributed by atoms with E-state index in [0.717, 1.165) is 16.8 Å². The predicted octanol–water partition coefficient (Wildman–Crippen LogP) is 1.63. The molecule has 0 spiro atoms. The van der Waals surface area contributed by atoms with E-state index in [-0.39, 0.29) is 12.6 Å². The van der Waals surface area contributed by atoms with E-state index in [1.54, 1.807) is 0 Å². The maximum Gasteiger partial charge on any atom is 0.328 e. The monoisotopic (exact) mass is 248 g/mol. The van der Waals surface area contributed by atoms with Crippen molar-refractivity contribution in [3.05, 3.63) is 29.3 Å². The average Bonchev–Trinajstić information content (AvgIpc) is 2.60. The molecular weight excluding hydrogens is 232 g/mol. The second kappa shape index (κ2) is 4.33. The van der Waals surface area contributed by atoms with E-state index < -0.39 is 12.0 Å². The molecule has 5 heteroatoms. The molecule has 5 nitrogen and oxygen atoms in total. The zero-order chi connectivity index (χ0) is 13.4. The van der Waals surface area contributed by atoms with Gasteiger partial charge in [-0.2, -0.15) is 0 Å². The average molecular weight is 248 g/mol. The minimum absolute atomic E-state index is 0.189. The van der Waals surface area contributed by atoms with Crippen LogP contribution in [0.4, 0.5) is 10.5 Å². The number of aliphatic carboxylic acids is 1. The number of carbonyl (C=O) groups excluding carboxylic acids is 1. The van der Waals surface area contributed by atoms with Crippen LogP contribution in [0, 0.1) is 13.8 Å². The minimum atomic E-state index is -0.973. The van der Waals surface area contributed by atoms with Gasteiger partial charge < -0.3 is 10.0 Å². The van der Waals surface area contributed by atoms with Crippen LogP contribution < -0.4 is 4.90 Å². The lowest BCUT2D eigenvalue weighted by Crippen LogP contribution is -2.36. The summed E-state index contributed by atoms with van der Waals surface area (Å²) in [7, 11) is 1.52. The van der Waals surface area contributed by atoms with Crippen molar-refractivity contribution in [1.29, 1.82) is 0 Å². The fourth-order valence-corrected chi connectivity index (χ4v) is 2.15. The minimum Gasteiger partial charge on any atom is -0.480 e. The van der Waals surface area contributed by atoms with Gasteiger partial charge in [-0.25, -0.2) is 9.59 Å². The Bertz CT molecular complexity index is 513. The largest absolute Gasteiger partial charge is 0.480 e. The Kier molecular flexibility index (Phi) is 2.98. The highest BCUT2D eigenvalue weighted by atomic mass is 16.4. The first-order valence-electron chi connectivity index (χ1n) is 5.76. The fourth-order valence-electron chi connectivity index (χ4n) is 2.15. The Hall–Kier alpha value is -2.04. The van der Waals surface area contributed by atoms with Gasteiger partial charge in [-0.3, -0.25) is 4.90 Å². The summed E-state index contributed by atoms with van der Waals surface area (Å²) in [5.41, 5.74) is 2.80. The summed E-state index contributed by atoms with van der Waals surface area (Å²) in [4.78, 5) is 25.9. The van der Waals surface area contributed by atoms with Crippen molar-refractivity contribution < 1.29 is 14.7 Å². The van der Waals surface area contributed by atoms with Crippen molar-refractivity contribution in [3.63, 3.8) is 0 Å². The normalized spacial score (nSPS) is 19.5. The Morgan fingerprint density at radius 3 is 2.61 bits per heavy atom. The van der Waals surface area contributed by atoms with Crippen molar-refractivity contribution in [3.8, 4) is 0 Å². The summed E-state index contributed by atoms with van der Waals surface area (Å²) in [6, 6.07) is 4.77. The maximum atomic E-state index is 12.1. The van der Waals surface area contributed by atoms with Gasteiger partial charge in [0.2, 0.25) is 0 Å². The van der Waals surface area contributed by atoms with Crippen LogP contribution in [0.3, 0.4) is 0 Å². The number of aryl methyl sites for hydroxylation is 2. The number of carbonyl (C=O) groups is 2. The first-order chi connectivity index (χ1) is 8.41. The van der Waals surface area contributed by atoms with Crippen LogP contribution in [0.2, 0.25) is 0 Å². The van der Waals surface area contributed by atoms with Gasteiger partial charge in [0.1, 0.15) is 6.04 Å². The van der Waals surface area contributed by atoms with Crippen molar-refractivity contribution in [1.82, 2.24) is 4.90 Å². The van der Waals surface area contributed by atoms with Crippen molar-refractivity contribution >= 4 is 17.7 Å². The molecule has 1 aromatic rings. The van der Waals surface area contributed by atoms with Gasteiger partial charge in [-0.1, -0.05) is 12.1 Å². The summed E-state index contributed by atoms with van der Waals surface area (Å²) in [6.07, 6.45) is 0. The van der Waals surface area contributed by atoms with Gasteiger partial charge in [0.15, 0.2) is 0 Å². The Labute approximate surface area is 106 Å². The number of likely N-dealkylation sites (N-methyl/N-ethyl adjacent to an activating group) is 1. The molecule has 0 bridgehead atoms. The van der Waals surface area contributed by atoms with Crippen LogP contribution >= 0.6 is 0 Å². The zero-order valence-corrected chi connectivity index (χ0v) is 10.7. The third kappa shape index (κ3) is 1.92. The summed E-state index contributed by atoms with van der Waals surface area (Å²) >= 11 is 0. The molecule has 0 aliphatic carbocycles. The molecule has 1 aliphatic heterocycles. The first-order valence-corrected chi connectivity index (χ1v) is 5.76. The standard InChI is InChI=1S/C13H16N2O3/c1-8-4-5-9(2)10(6-8)15-7-11(12(16)17)14(3)13(15)18/h4-6,11H,7H2,1-3H3,(H,16,17). The third-order valence-electron chi connectivity index (χ3n) is 3.30. The number of carboxylic acids is 1. The highest BCUT2D eigenvalue weighted by Crippen LogP contribution is 2.27. The second-order valence-electron chi connectivity index (χ2n) is 4.65. The van der Waals surface area contributed by atoms with E-state index in [0.29, 0.717) is 0 Å². The van der Waals surface area contributed by atoms with E-state index in [2.05, 4.69) is 0 Å². The van der Waals surface area contributed by atoms with Crippen molar-refractivity contribution in [2.45, 2.75) is 19.9 Å². The highest BCUT2D eigenvalue weighted by Gasteiger charge is 2.40. The fraction of sp³-hybridized carbons (Fsp3) is 0.385. The molecule has 1 aromatic carbocycles. The second-order valence-corrected chi connectivity index (χ2v) is 4.65. The van der Waals surface area contributed by atoms with Crippen molar-refractivity contribution in [2.24, 2.45) is 0 Å². The van der Waals surface area contributed by atoms with Gasteiger partial charge in [0.05, 0.1) is 6.54 Å². The summed E-state index contributed by atoms with van der Waals surface area (Å²) < 4.78 is 0. The molecule has 1 unspecified atom stereocenters. The number of anilines is 1. The molecule has 0 saturated carbocycles. The van der Waals surface area contributed by atoms with Crippen molar-refractivity contribution in [2.75, 3.05) is 18.5 Å². The molecule has 0 radical (unpaired) electrons. The number of urea groups is 1. The number of benzene rings is 1. The molecule has 1 saturated heterocycles. The highest BCUT2D eigenvalue weighted by molar-refractivity contribution is 5.99. The van der Waals surface area contributed by atoms with Crippen LogP contribution in [0.5, 0.6) is 0 Å². The predicted molar refractivity (Wildman–Crippen MR) is 67.8 cm³/mol. The topological polar surface area (TPSA) is 60.9 Å². The smallest absolute Gasteiger partial charge is 0.328 e. The lowest BCUT2D eigenvalue weighted by molar-refractivity contribution is -0.140. The summed E-state index contributed by atoms with van der Waals surface area (Å²) in [5, 5.41) is 9.07. The molecular formula is C13H16N2O3. The zero-order valence-electron chi connectivity index (χ0n) is 10.7. The third-order valence-corrected chi connectivity index (χ3v) is 3.30. The Morgan fingerprint density at radius 1 is 1.39 bits per heavy atom. The molecule has 96 valence electrons. The van der Waals surface area contributed by atoms with Gasteiger partial charge in [-0.15, -0.1) is 0 Å².